The fourth-order valence-corrected chi connectivity index (χ4v) is 3.27. The number of carbonyl (C=O) groups excluding carboxylic acids is 1. The Morgan fingerprint density at radius 3 is 2.44 bits per heavy atom. The molecule has 1 saturated heterocycles. The highest BCUT2D eigenvalue weighted by molar-refractivity contribution is 6.18. The van der Waals surface area contributed by atoms with Crippen molar-refractivity contribution in [3.63, 3.8) is 0 Å². The maximum Gasteiger partial charge on any atom is 0.223 e. The lowest BCUT2D eigenvalue weighted by molar-refractivity contribution is -0.129. The molecule has 0 radical (unpaired) electrons. The minimum absolute atomic E-state index is 0.198. The summed E-state index contributed by atoms with van der Waals surface area (Å²) in [7, 11) is 0. The highest BCUT2D eigenvalue weighted by Gasteiger charge is 2.35. The first kappa shape index (κ1) is 14.1. The van der Waals surface area contributed by atoms with E-state index in [1.54, 1.807) is 0 Å². The number of carbonyl (C=O) groups is 1. The van der Waals surface area contributed by atoms with Gasteiger partial charge in [0.25, 0.3) is 0 Å². The van der Waals surface area contributed by atoms with E-state index in [4.69, 9.17) is 16.3 Å². The second kappa shape index (κ2) is 6.25. The van der Waals surface area contributed by atoms with Crippen molar-refractivity contribution in [1.29, 1.82) is 0 Å². The van der Waals surface area contributed by atoms with E-state index >= 15 is 0 Å². The van der Waals surface area contributed by atoms with E-state index < -0.39 is 0 Å². The highest BCUT2D eigenvalue weighted by Crippen LogP contribution is 2.30. The first-order chi connectivity index (χ1) is 8.65. The van der Waals surface area contributed by atoms with Crippen LogP contribution in [0.1, 0.15) is 45.4 Å². The van der Waals surface area contributed by atoms with Crippen molar-refractivity contribution >= 4 is 17.5 Å². The van der Waals surface area contributed by atoms with E-state index in [1.807, 2.05) is 0 Å². The SMILES string of the molecule is CC1CCC(C(=O)NC2(CCl)CCOCC2)CC1. The monoisotopic (exact) mass is 273 g/mol. The molecule has 0 aromatic heterocycles. The van der Waals surface area contributed by atoms with Crippen molar-refractivity contribution in [3.05, 3.63) is 0 Å². The van der Waals surface area contributed by atoms with Gasteiger partial charge in [0.05, 0.1) is 5.54 Å². The molecule has 4 heteroatoms. The minimum Gasteiger partial charge on any atom is -0.381 e. The summed E-state index contributed by atoms with van der Waals surface area (Å²) < 4.78 is 5.36. The third-order valence-electron chi connectivity index (χ3n) is 4.48. The summed E-state index contributed by atoms with van der Waals surface area (Å²) in [6.07, 6.45) is 6.09. The molecule has 2 rings (SSSR count). The average Bonchev–Trinajstić information content (AvgIpc) is 2.40. The zero-order valence-corrected chi connectivity index (χ0v) is 12.0. The number of ether oxygens (including phenoxy) is 1. The van der Waals surface area contributed by atoms with Crippen LogP contribution >= 0.6 is 11.6 Å². The molecule has 3 nitrogen and oxygen atoms in total. The fourth-order valence-electron chi connectivity index (χ4n) is 2.94. The van der Waals surface area contributed by atoms with Crippen LogP contribution in [-0.2, 0) is 9.53 Å². The summed E-state index contributed by atoms with van der Waals surface area (Å²) in [5.74, 6) is 1.68. The lowest BCUT2D eigenvalue weighted by Crippen LogP contribution is -2.55. The highest BCUT2D eigenvalue weighted by atomic mass is 35.5. The Kier molecular flexibility index (Phi) is 4.91. The normalized spacial score (nSPS) is 31.9. The summed E-state index contributed by atoms with van der Waals surface area (Å²) >= 11 is 6.07. The second-order valence-corrected chi connectivity index (χ2v) is 6.24. The standard InChI is InChI=1S/C14H24ClNO2/c1-11-2-4-12(5-3-11)13(17)16-14(10-15)6-8-18-9-7-14/h11-12H,2-10H2,1H3,(H,16,17). The van der Waals surface area contributed by atoms with Crippen LogP contribution in [0.15, 0.2) is 0 Å². The summed E-state index contributed by atoms with van der Waals surface area (Å²) in [5.41, 5.74) is -0.222. The van der Waals surface area contributed by atoms with Gasteiger partial charge in [-0.2, -0.15) is 0 Å². The average molecular weight is 274 g/mol. The molecular formula is C14H24ClNO2. The summed E-state index contributed by atoms with van der Waals surface area (Å²) in [6, 6.07) is 0. The Morgan fingerprint density at radius 2 is 1.89 bits per heavy atom. The molecule has 1 amide bonds. The molecule has 0 bridgehead atoms. The number of hydrogen-bond acceptors (Lipinski definition) is 2. The Morgan fingerprint density at radius 1 is 1.28 bits per heavy atom. The first-order valence-corrected chi connectivity index (χ1v) is 7.64. The maximum absolute atomic E-state index is 12.3. The summed E-state index contributed by atoms with van der Waals surface area (Å²) in [6.45, 7) is 3.68. The van der Waals surface area contributed by atoms with Crippen LogP contribution in [-0.4, -0.2) is 30.5 Å². The van der Waals surface area contributed by atoms with Crippen LogP contribution in [0, 0.1) is 11.8 Å². The molecule has 1 heterocycles. The van der Waals surface area contributed by atoms with Gasteiger partial charge < -0.3 is 10.1 Å². The maximum atomic E-state index is 12.3. The Bertz CT molecular complexity index is 282. The number of halogens is 1. The zero-order valence-electron chi connectivity index (χ0n) is 11.2. The molecule has 2 aliphatic rings. The zero-order chi connectivity index (χ0) is 13.0. The van der Waals surface area contributed by atoms with Gasteiger partial charge in [-0.15, -0.1) is 11.6 Å². The third-order valence-corrected chi connectivity index (χ3v) is 4.99. The lowest BCUT2D eigenvalue weighted by atomic mass is 9.81. The van der Waals surface area contributed by atoms with Gasteiger partial charge in [-0.3, -0.25) is 4.79 Å². The molecule has 0 aromatic carbocycles. The number of rotatable bonds is 3. The van der Waals surface area contributed by atoms with Crippen LogP contribution < -0.4 is 5.32 Å². The van der Waals surface area contributed by atoms with Crippen molar-refractivity contribution in [2.24, 2.45) is 11.8 Å². The van der Waals surface area contributed by atoms with Gasteiger partial charge in [-0.05, 0) is 44.4 Å². The first-order valence-electron chi connectivity index (χ1n) is 7.11. The van der Waals surface area contributed by atoms with Gasteiger partial charge in [-0.1, -0.05) is 6.92 Å². The lowest BCUT2D eigenvalue weighted by Gasteiger charge is -2.38. The predicted octanol–water partition coefficient (Wildman–Crippen LogP) is 2.72. The minimum atomic E-state index is -0.222. The van der Waals surface area contributed by atoms with Gasteiger partial charge in [0, 0.05) is 25.0 Å². The summed E-state index contributed by atoms with van der Waals surface area (Å²) in [5, 5.41) is 3.22. The van der Waals surface area contributed by atoms with E-state index in [0.29, 0.717) is 19.1 Å². The van der Waals surface area contributed by atoms with Crippen LogP contribution in [0.3, 0.4) is 0 Å². The molecule has 104 valence electrons. The fraction of sp³-hybridized carbons (Fsp3) is 0.929. The van der Waals surface area contributed by atoms with Crippen molar-refractivity contribution in [3.8, 4) is 0 Å². The molecule has 2 fully saturated rings. The van der Waals surface area contributed by atoms with E-state index in [0.717, 1.165) is 31.6 Å². The number of hydrogen-bond donors (Lipinski definition) is 1. The van der Waals surface area contributed by atoms with Gasteiger partial charge in [0.15, 0.2) is 0 Å². The summed E-state index contributed by atoms with van der Waals surface area (Å²) in [4.78, 5) is 12.3. The van der Waals surface area contributed by atoms with Crippen LogP contribution in [0.4, 0.5) is 0 Å². The molecule has 18 heavy (non-hydrogen) atoms. The molecule has 0 aromatic rings. The van der Waals surface area contributed by atoms with Crippen molar-refractivity contribution in [2.75, 3.05) is 19.1 Å². The quantitative estimate of drug-likeness (QED) is 0.803. The Balaban J connectivity index is 1.89. The van der Waals surface area contributed by atoms with Crippen molar-refractivity contribution < 1.29 is 9.53 Å². The van der Waals surface area contributed by atoms with E-state index in [2.05, 4.69) is 12.2 Å². The molecule has 1 aliphatic heterocycles. The van der Waals surface area contributed by atoms with E-state index in [1.165, 1.54) is 12.8 Å². The largest absolute Gasteiger partial charge is 0.381 e. The topological polar surface area (TPSA) is 38.3 Å². The molecular weight excluding hydrogens is 250 g/mol. The predicted molar refractivity (Wildman–Crippen MR) is 72.8 cm³/mol. The van der Waals surface area contributed by atoms with Gasteiger partial charge in [0.1, 0.15) is 0 Å². The molecule has 0 unspecified atom stereocenters. The Labute approximate surface area is 115 Å². The molecule has 0 spiro atoms. The third kappa shape index (κ3) is 3.39. The van der Waals surface area contributed by atoms with E-state index in [9.17, 15) is 4.79 Å². The number of nitrogens with one attached hydrogen (secondary N) is 1. The molecule has 1 N–H and O–H groups in total. The van der Waals surface area contributed by atoms with E-state index in [-0.39, 0.29) is 17.4 Å². The van der Waals surface area contributed by atoms with Crippen molar-refractivity contribution in [2.45, 2.75) is 51.0 Å². The van der Waals surface area contributed by atoms with Gasteiger partial charge >= 0.3 is 0 Å². The Hall–Kier alpha value is -0.280. The molecule has 1 saturated carbocycles. The second-order valence-electron chi connectivity index (χ2n) is 5.97. The van der Waals surface area contributed by atoms with Crippen LogP contribution in [0.5, 0.6) is 0 Å². The number of amides is 1. The van der Waals surface area contributed by atoms with Gasteiger partial charge in [0.2, 0.25) is 5.91 Å². The van der Waals surface area contributed by atoms with Crippen LogP contribution in [0.25, 0.3) is 0 Å². The molecule has 0 atom stereocenters. The number of alkyl halides is 1. The molecule has 1 aliphatic carbocycles. The smallest absolute Gasteiger partial charge is 0.223 e. The van der Waals surface area contributed by atoms with Crippen molar-refractivity contribution in [1.82, 2.24) is 5.32 Å². The van der Waals surface area contributed by atoms with Crippen LogP contribution in [0.2, 0.25) is 0 Å². The van der Waals surface area contributed by atoms with Gasteiger partial charge in [-0.25, -0.2) is 0 Å².